The Kier molecular flexibility index (Phi) is 6.96. The second kappa shape index (κ2) is 9.41. The van der Waals surface area contributed by atoms with E-state index in [1.54, 1.807) is 30.3 Å². The van der Waals surface area contributed by atoms with Crippen LogP contribution in [0.3, 0.4) is 0 Å². The molecule has 1 amide bonds. The van der Waals surface area contributed by atoms with Crippen LogP contribution in [0.5, 0.6) is 11.5 Å². The van der Waals surface area contributed by atoms with Crippen LogP contribution in [-0.4, -0.2) is 32.2 Å². The first kappa shape index (κ1) is 19.2. The van der Waals surface area contributed by atoms with Crippen molar-refractivity contribution in [3.05, 3.63) is 59.4 Å². The molecule has 2 aromatic carbocycles. The highest BCUT2D eigenvalue weighted by atomic mass is 19.1. The number of methoxy groups -OCH3 is 1. The molecule has 0 aliphatic heterocycles. The van der Waals surface area contributed by atoms with Gasteiger partial charge in [-0.15, -0.1) is 0 Å². The first-order valence-electron chi connectivity index (χ1n) is 7.92. The molecule has 0 radical (unpaired) electrons. The molecule has 6 nitrogen and oxygen atoms in total. The highest BCUT2D eigenvalue weighted by Gasteiger charge is 2.11. The maximum Gasteiger partial charge on any atom is 0.344 e. The number of esters is 1. The summed E-state index contributed by atoms with van der Waals surface area (Å²) in [5.41, 5.74) is 1.34. The molecule has 0 bridgehead atoms. The lowest BCUT2D eigenvalue weighted by atomic mass is 10.2. The predicted octanol–water partition coefficient (Wildman–Crippen LogP) is 2.38. The van der Waals surface area contributed by atoms with Crippen molar-refractivity contribution in [2.75, 3.05) is 20.3 Å². The Labute approximate surface area is 150 Å². The lowest BCUT2D eigenvalue weighted by Gasteiger charge is -2.11. The summed E-state index contributed by atoms with van der Waals surface area (Å²) in [6, 6.07) is 11.4. The lowest BCUT2D eigenvalue weighted by molar-refractivity contribution is -0.150. The zero-order chi connectivity index (χ0) is 18.9. The van der Waals surface area contributed by atoms with Crippen molar-refractivity contribution < 1.29 is 28.2 Å². The molecule has 2 aromatic rings. The largest absolute Gasteiger partial charge is 0.493 e. The van der Waals surface area contributed by atoms with Gasteiger partial charge in [0.25, 0.3) is 5.91 Å². The molecule has 0 unspecified atom stereocenters. The molecule has 7 heteroatoms. The molecule has 2 rings (SSSR count). The van der Waals surface area contributed by atoms with Gasteiger partial charge in [-0.05, 0) is 30.7 Å². The average molecular weight is 361 g/mol. The van der Waals surface area contributed by atoms with Crippen molar-refractivity contribution in [1.82, 2.24) is 5.32 Å². The first-order chi connectivity index (χ1) is 12.5. The first-order valence-corrected chi connectivity index (χ1v) is 7.92. The molecule has 0 fully saturated rings. The van der Waals surface area contributed by atoms with Crippen LogP contribution in [0.2, 0.25) is 0 Å². The maximum absolute atomic E-state index is 13.4. The Morgan fingerprint density at radius 1 is 1.08 bits per heavy atom. The molecule has 0 atom stereocenters. The minimum atomic E-state index is -0.700. The van der Waals surface area contributed by atoms with Gasteiger partial charge in [0.2, 0.25) is 0 Å². The van der Waals surface area contributed by atoms with Gasteiger partial charge in [0.15, 0.2) is 24.7 Å². The Morgan fingerprint density at radius 2 is 1.85 bits per heavy atom. The van der Waals surface area contributed by atoms with Crippen molar-refractivity contribution in [3.8, 4) is 11.5 Å². The molecule has 1 N–H and O–H groups in total. The van der Waals surface area contributed by atoms with E-state index in [1.165, 1.54) is 13.2 Å². The van der Waals surface area contributed by atoms with E-state index in [0.29, 0.717) is 17.1 Å². The van der Waals surface area contributed by atoms with E-state index in [0.717, 1.165) is 5.56 Å². The van der Waals surface area contributed by atoms with Crippen LogP contribution >= 0.6 is 0 Å². The van der Waals surface area contributed by atoms with E-state index in [1.807, 2.05) is 13.0 Å². The normalized spacial score (nSPS) is 10.1. The van der Waals surface area contributed by atoms with Crippen LogP contribution in [0.15, 0.2) is 42.5 Å². The number of hydrogen-bond acceptors (Lipinski definition) is 5. The van der Waals surface area contributed by atoms with Crippen molar-refractivity contribution >= 4 is 11.9 Å². The molecule has 26 heavy (non-hydrogen) atoms. The summed E-state index contributed by atoms with van der Waals surface area (Å²) in [6.07, 6.45) is 0. The number of nitrogens with one attached hydrogen (secondary N) is 1. The fourth-order valence-corrected chi connectivity index (χ4v) is 2.11. The zero-order valence-electron chi connectivity index (χ0n) is 14.6. The molecule has 0 heterocycles. The van der Waals surface area contributed by atoms with Crippen molar-refractivity contribution in [2.45, 2.75) is 13.5 Å². The Balaban J connectivity index is 1.73. The summed E-state index contributed by atoms with van der Waals surface area (Å²) < 4.78 is 28.8. The predicted molar refractivity (Wildman–Crippen MR) is 92.4 cm³/mol. The number of aryl methyl sites for hydroxylation is 1. The average Bonchev–Trinajstić information content (AvgIpc) is 2.64. The van der Waals surface area contributed by atoms with Crippen molar-refractivity contribution in [2.24, 2.45) is 0 Å². The number of ether oxygens (including phenoxy) is 3. The van der Waals surface area contributed by atoms with Gasteiger partial charge in [-0.1, -0.05) is 24.3 Å². The van der Waals surface area contributed by atoms with E-state index >= 15 is 0 Å². The number of halogens is 1. The van der Waals surface area contributed by atoms with Crippen LogP contribution < -0.4 is 14.8 Å². The fourth-order valence-electron chi connectivity index (χ4n) is 2.11. The van der Waals surface area contributed by atoms with E-state index < -0.39 is 24.3 Å². The minimum Gasteiger partial charge on any atom is -0.493 e. The Hall–Kier alpha value is -3.09. The third-order valence-electron chi connectivity index (χ3n) is 3.46. The van der Waals surface area contributed by atoms with E-state index in [-0.39, 0.29) is 13.2 Å². The molecule has 0 spiro atoms. The summed E-state index contributed by atoms with van der Waals surface area (Å²) in [5, 5.41) is 2.48. The molecule has 0 saturated carbocycles. The van der Waals surface area contributed by atoms with E-state index in [2.05, 4.69) is 5.32 Å². The SMILES string of the molecule is COc1cc(C)ccc1OCC(=O)OCC(=O)NCc1ccccc1F. The molecule has 138 valence electrons. The minimum absolute atomic E-state index is 0.0140. The number of hydrogen-bond donors (Lipinski definition) is 1. The third-order valence-corrected chi connectivity index (χ3v) is 3.46. The number of amides is 1. The number of carbonyl (C=O) groups excluding carboxylic acids is 2. The van der Waals surface area contributed by atoms with Gasteiger partial charge in [0.05, 0.1) is 7.11 Å². The zero-order valence-corrected chi connectivity index (χ0v) is 14.6. The molecule has 0 aliphatic carbocycles. The molecule has 0 saturated heterocycles. The molecular weight excluding hydrogens is 341 g/mol. The lowest BCUT2D eigenvalue weighted by Crippen LogP contribution is -2.29. The highest BCUT2D eigenvalue weighted by Crippen LogP contribution is 2.27. The van der Waals surface area contributed by atoms with Crippen LogP contribution in [0.4, 0.5) is 4.39 Å². The van der Waals surface area contributed by atoms with Crippen molar-refractivity contribution in [3.63, 3.8) is 0 Å². The topological polar surface area (TPSA) is 73.9 Å². The van der Waals surface area contributed by atoms with Crippen LogP contribution in [0, 0.1) is 12.7 Å². The summed E-state index contributed by atoms with van der Waals surface area (Å²) in [7, 11) is 1.50. The second-order valence-corrected chi connectivity index (χ2v) is 5.47. The highest BCUT2D eigenvalue weighted by molar-refractivity contribution is 5.80. The van der Waals surface area contributed by atoms with Gasteiger partial charge in [-0.25, -0.2) is 9.18 Å². The summed E-state index contributed by atoms with van der Waals surface area (Å²) in [4.78, 5) is 23.4. The number of rotatable bonds is 8. The van der Waals surface area contributed by atoms with Crippen LogP contribution in [0.25, 0.3) is 0 Å². The van der Waals surface area contributed by atoms with E-state index in [9.17, 15) is 14.0 Å². The maximum atomic E-state index is 13.4. The van der Waals surface area contributed by atoms with Gasteiger partial charge in [0, 0.05) is 12.1 Å². The second-order valence-electron chi connectivity index (χ2n) is 5.47. The molecule has 0 aliphatic rings. The van der Waals surface area contributed by atoms with Gasteiger partial charge in [-0.2, -0.15) is 0 Å². The van der Waals surface area contributed by atoms with Crippen molar-refractivity contribution in [1.29, 1.82) is 0 Å². The number of benzene rings is 2. The fraction of sp³-hybridized carbons (Fsp3) is 0.263. The van der Waals surface area contributed by atoms with Crippen LogP contribution in [-0.2, 0) is 20.9 Å². The summed E-state index contributed by atoms with van der Waals surface area (Å²) >= 11 is 0. The molecule has 0 aromatic heterocycles. The quantitative estimate of drug-likeness (QED) is 0.731. The summed E-state index contributed by atoms with van der Waals surface area (Å²) in [6.45, 7) is 1.09. The Morgan fingerprint density at radius 3 is 2.58 bits per heavy atom. The molecular formula is C19H20FNO5. The van der Waals surface area contributed by atoms with Gasteiger partial charge < -0.3 is 19.5 Å². The standard InChI is InChI=1S/C19H20FNO5/c1-13-7-8-16(17(9-13)24-2)25-12-19(23)26-11-18(22)21-10-14-5-3-4-6-15(14)20/h3-9H,10-12H2,1-2H3,(H,21,22). The van der Waals surface area contributed by atoms with E-state index in [4.69, 9.17) is 14.2 Å². The van der Waals surface area contributed by atoms with Gasteiger partial charge in [-0.3, -0.25) is 4.79 Å². The van der Waals surface area contributed by atoms with Gasteiger partial charge >= 0.3 is 5.97 Å². The third kappa shape index (κ3) is 5.77. The summed E-state index contributed by atoms with van der Waals surface area (Å²) in [5.74, 6) is -0.743. The van der Waals surface area contributed by atoms with Crippen LogP contribution in [0.1, 0.15) is 11.1 Å². The smallest absolute Gasteiger partial charge is 0.344 e. The number of carbonyl (C=O) groups is 2. The monoisotopic (exact) mass is 361 g/mol. The Bertz CT molecular complexity index is 778. The van der Waals surface area contributed by atoms with Gasteiger partial charge in [0.1, 0.15) is 5.82 Å².